The zero-order valence-electron chi connectivity index (χ0n) is 15.3. The summed E-state index contributed by atoms with van der Waals surface area (Å²) >= 11 is 0. The third kappa shape index (κ3) is 4.56. The Morgan fingerprint density at radius 1 is 1.10 bits per heavy atom. The summed E-state index contributed by atoms with van der Waals surface area (Å²) in [7, 11) is 0. The monoisotopic (exact) mass is 432 g/mol. The lowest BCUT2D eigenvalue weighted by molar-refractivity contribution is -0.153. The predicted molar refractivity (Wildman–Crippen MR) is 94.1 cm³/mol. The molecule has 0 amide bonds. The fourth-order valence-electron chi connectivity index (χ4n) is 2.76. The number of alkyl halides is 6. The first kappa shape index (κ1) is 21.6. The highest BCUT2D eigenvalue weighted by atomic mass is 19.4. The SMILES string of the molecule is CC(O)c1ccn2c(=O)c(-c3ccc(OCC(F)(F)F)cc3)c(C(F)(F)F)nc2c1. The van der Waals surface area contributed by atoms with Gasteiger partial charge >= 0.3 is 12.4 Å². The number of fused-ring (bicyclic) bond motifs is 1. The van der Waals surface area contributed by atoms with Crippen LogP contribution in [0.3, 0.4) is 0 Å². The molecule has 3 rings (SSSR count). The number of aliphatic hydroxyl groups excluding tert-OH is 1. The fourth-order valence-corrected chi connectivity index (χ4v) is 2.76. The summed E-state index contributed by atoms with van der Waals surface area (Å²) in [5, 5.41) is 9.61. The summed E-state index contributed by atoms with van der Waals surface area (Å²) in [6, 6.07) is 6.70. The maximum Gasteiger partial charge on any atom is 0.434 e. The highest BCUT2D eigenvalue weighted by Gasteiger charge is 2.38. The van der Waals surface area contributed by atoms with Gasteiger partial charge in [0, 0.05) is 6.20 Å². The first-order chi connectivity index (χ1) is 13.9. The Morgan fingerprint density at radius 3 is 2.27 bits per heavy atom. The molecule has 0 saturated heterocycles. The van der Waals surface area contributed by atoms with E-state index < -0.39 is 41.9 Å². The van der Waals surface area contributed by atoms with Crippen molar-refractivity contribution in [3.05, 3.63) is 64.2 Å². The van der Waals surface area contributed by atoms with Gasteiger partial charge in [-0.25, -0.2) is 4.98 Å². The van der Waals surface area contributed by atoms with E-state index >= 15 is 0 Å². The molecule has 1 atom stereocenters. The molecule has 2 heterocycles. The number of aliphatic hydroxyl groups is 1. The Hall–Kier alpha value is -3.08. The number of hydrogen-bond acceptors (Lipinski definition) is 4. The van der Waals surface area contributed by atoms with Gasteiger partial charge in [-0.1, -0.05) is 12.1 Å². The minimum absolute atomic E-state index is 0.187. The molecule has 30 heavy (non-hydrogen) atoms. The minimum atomic E-state index is -4.98. The van der Waals surface area contributed by atoms with E-state index in [4.69, 9.17) is 0 Å². The number of nitrogens with zero attached hydrogens (tertiary/aromatic N) is 2. The molecule has 0 saturated carbocycles. The van der Waals surface area contributed by atoms with E-state index in [1.807, 2.05) is 0 Å². The van der Waals surface area contributed by atoms with Crippen LogP contribution in [0.2, 0.25) is 0 Å². The Balaban J connectivity index is 2.13. The third-order valence-corrected chi connectivity index (χ3v) is 4.15. The minimum Gasteiger partial charge on any atom is -0.484 e. The number of aromatic nitrogens is 2. The lowest BCUT2D eigenvalue weighted by Crippen LogP contribution is -2.24. The molecule has 0 bridgehead atoms. The van der Waals surface area contributed by atoms with E-state index in [9.17, 15) is 36.2 Å². The van der Waals surface area contributed by atoms with Crippen LogP contribution >= 0.6 is 0 Å². The molecule has 1 N–H and O–H groups in total. The van der Waals surface area contributed by atoms with Crippen LogP contribution in [-0.4, -0.2) is 27.3 Å². The van der Waals surface area contributed by atoms with Crippen LogP contribution < -0.4 is 10.3 Å². The second-order valence-electron chi connectivity index (χ2n) is 6.43. The van der Waals surface area contributed by atoms with Gasteiger partial charge in [-0.3, -0.25) is 9.20 Å². The van der Waals surface area contributed by atoms with Crippen molar-refractivity contribution in [1.29, 1.82) is 0 Å². The summed E-state index contributed by atoms with van der Waals surface area (Å²) < 4.78 is 83.0. The molecule has 160 valence electrons. The number of pyridine rings is 1. The molecule has 0 fully saturated rings. The summed E-state index contributed by atoms with van der Waals surface area (Å²) in [6.07, 6.45) is -9.34. The van der Waals surface area contributed by atoms with Crippen LogP contribution in [0, 0.1) is 0 Å². The lowest BCUT2D eigenvalue weighted by Gasteiger charge is -2.15. The average molecular weight is 432 g/mol. The van der Waals surface area contributed by atoms with Gasteiger partial charge < -0.3 is 9.84 Å². The average Bonchev–Trinajstić information content (AvgIpc) is 2.65. The first-order valence-corrected chi connectivity index (χ1v) is 8.48. The molecule has 5 nitrogen and oxygen atoms in total. The highest BCUT2D eigenvalue weighted by molar-refractivity contribution is 5.68. The summed E-state index contributed by atoms with van der Waals surface area (Å²) in [5.74, 6) is -0.222. The number of rotatable bonds is 4. The largest absolute Gasteiger partial charge is 0.484 e. The molecule has 11 heteroatoms. The van der Waals surface area contributed by atoms with Gasteiger partial charge in [-0.2, -0.15) is 26.3 Å². The Labute approximate surface area is 165 Å². The molecule has 0 aliphatic rings. The molecular weight excluding hydrogens is 418 g/mol. The van der Waals surface area contributed by atoms with Crippen LogP contribution in [0.5, 0.6) is 5.75 Å². The molecule has 2 aromatic heterocycles. The normalized spacial score (nSPS) is 13.5. The van der Waals surface area contributed by atoms with E-state index in [0.717, 1.165) is 28.7 Å². The number of ether oxygens (including phenoxy) is 1. The second kappa shape index (κ2) is 7.63. The lowest BCUT2D eigenvalue weighted by atomic mass is 10.0. The number of benzene rings is 1. The van der Waals surface area contributed by atoms with Gasteiger partial charge in [0.25, 0.3) is 5.56 Å². The summed E-state index contributed by atoms with van der Waals surface area (Å²) in [5.41, 5.74) is -3.44. The van der Waals surface area contributed by atoms with E-state index in [1.165, 1.54) is 25.3 Å². The van der Waals surface area contributed by atoms with Crippen molar-refractivity contribution in [2.24, 2.45) is 0 Å². The van der Waals surface area contributed by atoms with E-state index in [2.05, 4.69) is 9.72 Å². The van der Waals surface area contributed by atoms with Gasteiger partial charge in [0.05, 0.1) is 11.7 Å². The predicted octanol–water partition coefficient (Wildman–Crippen LogP) is 4.37. The van der Waals surface area contributed by atoms with Crippen molar-refractivity contribution < 1.29 is 36.2 Å². The zero-order chi connectivity index (χ0) is 22.3. The topological polar surface area (TPSA) is 63.8 Å². The maximum atomic E-state index is 13.6. The highest BCUT2D eigenvalue weighted by Crippen LogP contribution is 2.35. The molecular formula is C19H14F6N2O3. The number of hydrogen-bond donors (Lipinski definition) is 1. The smallest absolute Gasteiger partial charge is 0.434 e. The Morgan fingerprint density at radius 2 is 1.73 bits per heavy atom. The molecule has 0 spiro atoms. The Bertz CT molecular complexity index is 1120. The number of halogens is 6. The fraction of sp³-hybridized carbons (Fsp3) is 0.263. The standard InChI is InChI=1S/C19H14F6N2O3/c1-10(28)12-6-7-27-14(8-12)26-16(19(23,24)25)15(17(27)29)11-2-4-13(5-3-11)30-9-18(20,21)22/h2-8,10,28H,9H2,1H3. The van der Waals surface area contributed by atoms with Gasteiger partial charge in [0.15, 0.2) is 12.3 Å². The van der Waals surface area contributed by atoms with Crippen molar-refractivity contribution >= 4 is 5.65 Å². The van der Waals surface area contributed by atoms with Gasteiger partial charge in [-0.15, -0.1) is 0 Å². The quantitative estimate of drug-likeness (QED) is 0.622. The molecule has 0 aliphatic carbocycles. The second-order valence-corrected chi connectivity index (χ2v) is 6.43. The van der Waals surface area contributed by atoms with Crippen LogP contribution in [0.4, 0.5) is 26.3 Å². The summed E-state index contributed by atoms with van der Waals surface area (Å²) in [6.45, 7) is -0.155. The van der Waals surface area contributed by atoms with Crippen molar-refractivity contribution in [3.63, 3.8) is 0 Å². The van der Waals surface area contributed by atoms with Crippen molar-refractivity contribution in [3.8, 4) is 16.9 Å². The van der Waals surface area contributed by atoms with Crippen LogP contribution in [0.25, 0.3) is 16.8 Å². The van der Waals surface area contributed by atoms with Crippen molar-refractivity contribution in [2.45, 2.75) is 25.4 Å². The van der Waals surface area contributed by atoms with Crippen LogP contribution in [0.15, 0.2) is 47.4 Å². The first-order valence-electron chi connectivity index (χ1n) is 8.48. The molecule has 1 aromatic carbocycles. The third-order valence-electron chi connectivity index (χ3n) is 4.15. The Kier molecular flexibility index (Phi) is 5.50. The maximum absolute atomic E-state index is 13.6. The van der Waals surface area contributed by atoms with E-state index in [1.54, 1.807) is 0 Å². The van der Waals surface area contributed by atoms with Gasteiger partial charge in [0.1, 0.15) is 11.4 Å². The van der Waals surface area contributed by atoms with Crippen LogP contribution in [0.1, 0.15) is 24.3 Å². The summed E-state index contributed by atoms with van der Waals surface area (Å²) in [4.78, 5) is 16.4. The van der Waals surface area contributed by atoms with E-state index in [0.29, 0.717) is 0 Å². The van der Waals surface area contributed by atoms with Gasteiger partial charge in [-0.05, 0) is 42.3 Å². The van der Waals surface area contributed by atoms with Gasteiger partial charge in [0.2, 0.25) is 0 Å². The van der Waals surface area contributed by atoms with Crippen molar-refractivity contribution in [1.82, 2.24) is 9.38 Å². The molecule has 0 aliphatic heterocycles. The molecule has 0 radical (unpaired) electrons. The van der Waals surface area contributed by atoms with E-state index in [-0.39, 0.29) is 22.5 Å². The molecule has 1 unspecified atom stereocenters. The van der Waals surface area contributed by atoms with Crippen molar-refractivity contribution in [2.75, 3.05) is 6.61 Å². The zero-order valence-corrected chi connectivity index (χ0v) is 15.3. The van der Waals surface area contributed by atoms with Crippen LogP contribution in [-0.2, 0) is 6.18 Å². The molecule has 3 aromatic rings.